The van der Waals surface area contributed by atoms with Crippen molar-refractivity contribution in [3.8, 4) is 11.5 Å². The molecule has 1 aromatic heterocycles. The summed E-state index contributed by atoms with van der Waals surface area (Å²) in [7, 11) is 0. The highest BCUT2D eigenvalue weighted by atomic mass is 35.5. The topological polar surface area (TPSA) is 96.9 Å². The van der Waals surface area contributed by atoms with Gasteiger partial charge in [-0.2, -0.15) is 0 Å². The highest BCUT2D eigenvalue weighted by Gasteiger charge is 2.21. The molecule has 0 radical (unpaired) electrons. The molecule has 0 atom stereocenters. The van der Waals surface area contributed by atoms with Gasteiger partial charge in [-0.25, -0.2) is 4.79 Å². The van der Waals surface area contributed by atoms with Crippen molar-refractivity contribution in [2.75, 3.05) is 44.3 Å². The number of hydrogen-bond donors (Lipinski definition) is 1. The second-order valence-electron chi connectivity index (χ2n) is 8.90. The van der Waals surface area contributed by atoms with Crippen molar-refractivity contribution in [2.24, 2.45) is 0 Å². The van der Waals surface area contributed by atoms with E-state index in [-0.39, 0.29) is 18.0 Å². The number of rotatable bonds is 10. The average Bonchev–Trinajstić information content (AvgIpc) is 2.89. The van der Waals surface area contributed by atoms with Crippen molar-refractivity contribution in [3.63, 3.8) is 0 Å². The molecule has 2 heterocycles. The molecule has 1 saturated heterocycles. The van der Waals surface area contributed by atoms with Gasteiger partial charge in [0.05, 0.1) is 24.1 Å². The molecule has 10 heteroatoms. The number of ether oxygens (including phenoxy) is 2. The molecule has 0 saturated carbocycles. The Morgan fingerprint density at radius 2 is 1.68 bits per heavy atom. The van der Waals surface area contributed by atoms with Crippen LogP contribution in [0.15, 0.2) is 46.0 Å². The van der Waals surface area contributed by atoms with Gasteiger partial charge in [0.15, 0.2) is 11.5 Å². The van der Waals surface area contributed by atoms with E-state index < -0.39 is 5.69 Å². The molecule has 3 aromatic rings. The van der Waals surface area contributed by atoms with Crippen molar-refractivity contribution < 1.29 is 14.3 Å². The zero-order chi connectivity index (χ0) is 26.4. The molecule has 0 bridgehead atoms. The molecule has 1 amide bonds. The van der Waals surface area contributed by atoms with Crippen LogP contribution in [0.2, 0.25) is 5.02 Å². The van der Waals surface area contributed by atoms with Gasteiger partial charge in [-0.05, 0) is 51.0 Å². The van der Waals surface area contributed by atoms with Crippen molar-refractivity contribution in [3.05, 3.63) is 62.3 Å². The molecule has 0 spiro atoms. The van der Waals surface area contributed by atoms with Gasteiger partial charge in [0, 0.05) is 55.9 Å². The van der Waals surface area contributed by atoms with Gasteiger partial charge < -0.3 is 24.3 Å². The number of aromatic nitrogens is 2. The maximum absolute atomic E-state index is 13.1. The molecule has 1 aliphatic rings. The van der Waals surface area contributed by atoms with E-state index in [4.69, 9.17) is 21.1 Å². The first kappa shape index (κ1) is 26.6. The van der Waals surface area contributed by atoms with Crippen LogP contribution in [0.1, 0.15) is 33.1 Å². The zero-order valence-corrected chi connectivity index (χ0v) is 22.1. The van der Waals surface area contributed by atoms with Crippen molar-refractivity contribution in [1.82, 2.24) is 14.5 Å². The monoisotopic (exact) mass is 528 g/mol. The Kier molecular flexibility index (Phi) is 8.76. The van der Waals surface area contributed by atoms with Crippen LogP contribution in [0, 0.1) is 0 Å². The van der Waals surface area contributed by atoms with Crippen LogP contribution in [-0.4, -0.2) is 59.8 Å². The first-order chi connectivity index (χ1) is 17.9. The summed E-state index contributed by atoms with van der Waals surface area (Å²) < 4.78 is 12.4. The molecule has 4 rings (SSSR count). The summed E-state index contributed by atoms with van der Waals surface area (Å²) in [5, 5.41) is 1.06. The summed E-state index contributed by atoms with van der Waals surface area (Å²) in [6.45, 7) is 7.61. The standard InChI is InChI=1S/C27H33ClN4O5/c1-3-36-23-17-21-22(18-24(23)37-4-2)29-27(35)32(26(21)34)11-6-5-10-25(33)31-14-12-30(13-15-31)20-9-7-8-19(28)16-20/h7-9,16-18H,3-6,10-15H2,1-2H3,(H,29,35). The number of nitrogens with zero attached hydrogens (tertiary/aromatic N) is 3. The normalized spacial score (nSPS) is 13.7. The van der Waals surface area contributed by atoms with E-state index in [1.54, 1.807) is 12.1 Å². The number of H-pyrrole nitrogens is 1. The molecule has 0 unspecified atom stereocenters. The first-order valence-electron chi connectivity index (χ1n) is 12.8. The summed E-state index contributed by atoms with van der Waals surface area (Å²) in [5.41, 5.74) is 0.608. The second-order valence-corrected chi connectivity index (χ2v) is 9.34. The average molecular weight is 529 g/mol. The lowest BCUT2D eigenvalue weighted by molar-refractivity contribution is -0.131. The van der Waals surface area contributed by atoms with Gasteiger partial charge in [0.1, 0.15) is 0 Å². The highest BCUT2D eigenvalue weighted by Crippen LogP contribution is 2.30. The van der Waals surface area contributed by atoms with Crippen molar-refractivity contribution in [1.29, 1.82) is 0 Å². The van der Waals surface area contributed by atoms with E-state index in [2.05, 4.69) is 9.88 Å². The van der Waals surface area contributed by atoms with Crippen LogP contribution in [0.4, 0.5) is 5.69 Å². The number of benzene rings is 2. The minimum Gasteiger partial charge on any atom is -0.490 e. The number of unbranched alkanes of at least 4 members (excludes halogenated alkanes) is 1. The molecular weight excluding hydrogens is 496 g/mol. The van der Waals surface area contributed by atoms with Crippen molar-refractivity contribution >= 4 is 34.1 Å². The lowest BCUT2D eigenvalue weighted by Gasteiger charge is -2.36. The Morgan fingerprint density at radius 3 is 2.35 bits per heavy atom. The molecule has 0 aliphatic carbocycles. The Morgan fingerprint density at radius 1 is 0.973 bits per heavy atom. The molecule has 198 valence electrons. The fraction of sp³-hybridized carbons (Fsp3) is 0.444. The smallest absolute Gasteiger partial charge is 0.328 e. The number of aromatic amines is 1. The fourth-order valence-electron chi connectivity index (χ4n) is 4.59. The van der Waals surface area contributed by atoms with E-state index in [0.29, 0.717) is 73.0 Å². The van der Waals surface area contributed by atoms with Gasteiger partial charge in [-0.15, -0.1) is 0 Å². The van der Waals surface area contributed by atoms with Gasteiger partial charge in [0.2, 0.25) is 5.91 Å². The van der Waals surface area contributed by atoms with E-state index in [1.807, 2.05) is 43.0 Å². The molecule has 1 fully saturated rings. The lowest BCUT2D eigenvalue weighted by Crippen LogP contribution is -2.48. The first-order valence-corrected chi connectivity index (χ1v) is 13.1. The molecular formula is C27H33ClN4O5. The minimum absolute atomic E-state index is 0.0929. The predicted molar refractivity (Wildman–Crippen MR) is 145 cm³/mol. The van der Waals surface area contributed by atoms with Crippen LogP contribution in [-0.2, 0) is 11.3 Å². The number of nitrogens with one attached hydrogen (secondary N) is 1. The van der Waals surface area contributed by atoms with Gasteiger partial charge >= 0.3 is 5.69 Å². The summed E-state index contributed by atoms with van der Waals surface area (Å²) in [6, 6.07) is 11.0. The predicted octanol–water partition coefficient (Wildman–Crippen LogP) is 3.66. The van der Waals surface area contributed by atoms with Crippen LogP contribution < -0.4 is 25.6 Å². The number of carbonyl (C=O) groups excluding carboxylic acids is 1. The number of carbonyl (C=O) groups is 1. The number of amides is 1. The number of halogens is 1. The number of anilines is 1. The quantitative estimate of drug-likeness (QED) is 0.403. The second kappa shape index (κ2) is 12.2. The van der Waals surface area contributed by atoms with E-state index in [9.17, 15) is 14.4 Å². The summed E-state index contributed by atoms with van der Waals surface area (Å²) in [4.78, 5) is 45.3. The summed E-state index contributed by atoms with van der Waals surface area (Å²) in [5.74, 6) is 1.04. The Balaban J connectivity index is 1.33. The molecule has 37 heavy (non-hydrogen) atoms. The molecule has 1 N–H and O–H groups in total. The van der Waals surface area contributed by atoms with Crippen LogP contribution in [0.5, 0.6) is 11.5 Å². The van der Waals surface area contributed by atoms with Gasteiger partial charge in [-0.3, -0.25) is 14.2 Å². The third-order valence-corrected chi connectivity index (χ3v) is 6.71. The van der Waals surface area contributed by atoms with E-state index in [0.717, 1.165) is 18.8 Å². The maximum atomic E-state index is 13.1. The van der Waals surface area contributed by atoms with E-state index >= 15 is 0 Å². The number of hydrogen-bond acceptors (Lipinski definition) is 6. The summed E-state index contributed by atoms with van der Waals surface area (Å²) >= 11 is 6.10. The molecule has 2 aromatic carbocycles. The molecule has 9 nitrogen and oxygen atoms in total. The third kappa shape index (κ3) is 6.28. The Labute approximate surface area is 220 Å². The van der Waals surface area contributed by atoms with Gasteiger partial charge in [-0.1, -0.05) is 17.7 Å². The largest absolute Gasteiger partial charge is 0.490 e. The van der Waals surface area contributed by atoms with Crippen LogP contribution in [0.25, 0.3) is 10.9 Å². The van der Waals surface area contributed by atoms with Crippen LogP contribution in [0.3, 0.4) is 0 Å². The lowest BCUT2D eigenvalue weighted by atomic mass is 10.2. The number of piperazine rings is 1. The SMILES string of the molecule is CCOc1cc2[nH]c(=O)n(CCCCC(=O)N3CCN(c4cccc(Cl)c4)CC3)c(=O)c2cc1OCC. The minimum atomic E-state index is -0.479. The Hall–Kier alpha value is -3.46. The van der Waals surface area contributed by atoms with Crippen molar-refractivity contribution in [2.45, 2.75) is 39.7 Å². The third-order valence-electron chi connectivity index (χ3n) is 6.47. The zero-order valence-electron chi connectivity index (χ0n) is 21.3. The van der Waals surface area contributed by atoms with Gasteiger partial charge in [0.25, 0.3) is 5.56 Å². The Bertz CT molecular complexity index is 1360. The van der Waals surface area contributed by atoms with Crippen LogP contribution >= 0.6 is 11.6 Å². The van der Waals surface area contributed by atoms with E-state index in [1.165, 1.54) is 4.57 Å². The molecule has 1 aliphatic heterocycles. The highest BCUT2D eigenvalue weighted by molar-refractivity contribution is 6.30. The summed E-state index contributed by atoms with van der Waals surface area (Å²) in [6.07, 6.45) is 1.51. The number of fused-ring (bicyclic) bond motifs is 1. The maximum Gasteiger partial charge on any atom is 0.328 e. The fourth-order valence-corrected chi connectivity index (χ4v) is 4.78.